The quantitative estimate of drug-likeness (QED) is 0.282. The predicted octanol–water partition coefficient (Wildman–Crippen LogP) is 3.36. The van der Waals surface area contributed by atoms with E-state index in [1.165, 1.54) is 34.7 Å². The maximum Gasteiger partial charge on any atom is 0.285 e. The summed E-state index contributed by atoms with van der Waals surface area (Å²) in [6.45, 7) is 3.67. The average Bonchev–Trinajstić information content (AvgIpc) is 2.78. The number of aromatic nitrogens is 2. The number of para-hydroxylation sites is 1. The number of carbonyl (C=O) groups is 1. The first-order chi connectivity index (χ1) is 15.3. The lowest BCUT2D eigenvalue weighted by Gasteiger charge is -2.17. The Bertz CT molecular complexity index is 1590. The van der Waals surface area contributed by atoms with Gasteiger partial charge in [0.15, 0.2) is 5.49 Å². The first-order valence-corrected chi connectivity index (χ1v) is 9.75. The van der Waals surface area contributed by atoms with Crippen LogP contribution >= 0.6 is 0 Å². The zero-order chi connectivity index (χ0) is 23.0. The molecule has 0 aliphatic carbocycles. The summed E-state index contributed by atoms with van der Waals surface area (Å²) in [7, 11) is 0. The Morgan fingerprint density at radius 1 is 1.16 bits per heavy atom. The Balaban J connectivity index is 2.12. The van der Waals surface area contributed by atoms with Crippen molar-refractivity contribution in [2.45, 2.75) is 19.9 Å². The van der Waals surface area contributed by atoms with Gasteiger partial charge in [0.05, 0.1) is 26.9 Å². The number of nitro groups is 1. The summed E-state index contributed by atoms with van der Waals surface area (Å²) in [6, 6.07) is 15.7. The fourth-order valence-corrected chi connectivity index (χ4v) is 3.69. The number of hydrogen-bond acceptors (Lipinski definition) is 5. The number of carbonyl (C=O) groups excluding carboxylic acids is 1. The highest BCUT2D eigenvalue weighted by Crippen LogP contribution is 2.20. The molecule has 0 radical (unpaired) electrons. The molecule has 0 saturated carbocycles. The van der Waals surface area contributed by atoms with E-state index in [0.29, 0.717) is 16.4 Å². The lowest BCUT2D eigenvalue weighted by atomic mass is 10.1. The van der Waals surface area contributed by atoms with Crippen molar-refractivity contribution in [1.82, 2.24) is 8.97 Å². The smallest absolute Gasteiger partial charge is 0.285 e. The molecule has 0 atom stereocenters. The van der Waals surface area contributed by atoms with Gasteiger partial charge in [-0.15, -0.1) is 0 Å². The van der Waals surface area contributed by atoms with E-state index in [-0.39, 0.29) is 33.9 Å². The molecule has 3 aromatic heterocycles. The van der Waals surface area contributed by atoms with E-state index in [1.807, 2.05) is 19.9 Å². The maximum atomic E-state index is 13.1. The van der Waals surface area contributed by atoms with Gasteiger partial charge >= 0.3 is 0 Å². The Hall–Kier alpha value is -4.58. The molecule has 0 fully saturated rings. The number of nitro benzene ring substituents is 1. The molecule has 0 saturated heterocycles. The minimum atomic E-state index is -0.847. The zero-order valence-corrected chi connectivity index (χ0v) is 17.2. The van der Waals surface area contributed by atoms with Crippen molar-refractivity contribution >= 4 is 28.0 Å². The van der Waals surface area contributed by atoms with Crippen LogP contribution in [0.2, 0.25) is 0 Å². The van der Waals surface area contributed by atoms with Crippen LogP contribution in [0.3, 0.4) is 0 Å². The third-order valence-corrected chi connectivity index (χ3v) is 5.09. The number of pyridine rings is 3. The lowest BCUT2D eigenvalue weighted by Crippen LogP contribution is -2.29. The third-order valence-electron chi connectivity index (χ3n) is 5.09. The first kappa shape index (κ1) is 20.7. The van der Waals surface area contributed by atoms with Crippen LogP contribution < -0.4 is 11.0 Å². The second-order valence-corrected chi connectivity index (χ2v) is 7.39. The molecule has 0 bridgehead atoms. The molecule has 1 amide bonds. The Morgan fingerprint density at radius 3 is 2.56 bits per heavy atom. The molecule has 0 N–H and O–H groups in total. The molecule has 9 nitrogen and oxygen atoms in total. The van der Waals surface area contributed by atoms with E-state index in [0.717, 1.165) is 0 Å². The Morgan fingerprint density at radius 2 is 1.88 bits per heavy atom. The minimum Gasteiger partial charge on any atom is -0.322 e. The molecule has 9 heteroatoms. The van der Waals surface area contributed by atoms with E-state index < -0.39 is 10.8 Å². The van der Waals surface area contributed by atoms with Crippen LogP contribution in [-0.2, 0) is 0 Å². The molecule has 3 heterocycles. The molecule has 1 aromatic carbocycles. The van der Waals surface area contributed by atoms with Crippen molar-refractivity contribution in [3.05, 3.63) is 97.9 Å². The van der Waals surface area contributed by atoms with Gasteiger partial charge in [0.25, 0.3) is 17.2 Å². The molecule has 4 rings (SSSR count). The van der Waals surface area contributed by atoms with Crippen LogP contribution in [-0.4, -0.2) is 19.8 Å². The summed E-state index contributed by atoms with van der Waals surface area (Å²) in [5.41, 5.74) is 0.338. The topological polar surface area (TPSA) is 123 Å². The minimum absolute atomic E-state index is 0.0196. The summed E-state index contributed by atoms with van der Waals surface area (Å²) in [4.78, 5) is 40.8. The highest BCUT2D eigenvalue weighted by atomic mass is 16.6. The second-order valence-electron chi connectivity index (χ2n) is 7.39. The number of hydrogen-bond donors (Lipinski definition) is 0. The third kappa shape index (κ3) is 3.33. The highest BCUT2D eigenvalue weighted by molar-refractivity contribution is 5.99. The van der Waals surface area contributed by atoms with Gasteiger partial charge in [-0.2, -0.15) is 10.3 Å². The van der Waals surface area contributed by atoms with Crippen LogP contribution in [0.25, 0.3) is 16.4 Å². The molecular weight excluding hydrogens is 410 g/mol. The van der Waals surface area contributed by atoms with Crippen molar-refractivity contribution in [2.75, 3.05) is 0 Å². The number of nitriles is 1. The van der Waals surface area contributed by atoms with Crippen molar-refractivity contribution in [3.63, 3.8) is 0 Å². The average molecular weight is 427 g/mol. The zero-order valence-electron chi connectivity index (χ0n) is 17.2. The van der Waals surface area contributed by atoms with Gasteiger partial charge in [-0.25, -0.2) is 0 Å². The molecule has 0 aliphatic heterocycles. The van der Waals surface area contributed by atoms with Crippen LogP contribution in [0.15, 0.2) is 70.6 Å². The Labute approximate surface area is 181 Å². The van der Waals surface area contributed by atoms with Crippen LogP contribution in [0, 0.1) is 21.4 Å². The molecule has 0 aliphatic rings. The molecular formula is C23H17N5O4. The summed E-state index contributed by atoms with van der Waals surface area (Å²) in [6.07, 6.45) is 1.64. The molecule has 32 heavy (non-hydrogen) atoms. The predicted molar refractivity (Wildman–Crippen MR) is 117 cm³/mol. The van der Waals surface area contributed by atoms with Gasteiger partial charge in [0.2, 0.25) is 0 Å². The first-order valence-electron chi connectivity index (χ1n) is 9.75. The normalized spacial score (nSPS) is 11.8. The molecule has 0 spiro atoms. The fourth-order valence-electron chi connectivity index (χ4n) is 3.69. The van der Waals surface area contributed by atoms with Gasteiger partial charge in [-0.3, -0.25) is 24.1 Å². The lowest BCUT2D eigenvalue weighted by molar-refractivity contribution is -0.385. The number of benzene rings is 1. The molecule has 0 unspecified atom stereocenters. The summed E-state index contributed by atoms with van der Waals surface area (Å²) in [5.74, 6) is -0.847. The summed E-state index contributed by atoms with van der Waals surface area (Å²) in [5, 5.41) is 21.4. The van der Waals surface area contributed by atoms with E-state index in [2.05, 4.69) is 4.99 Å². The molecule has 4 aromatic rings. The van der Waals surface area contributed by atoms with Gasteiger partial charge in [-0.1, -0.05) is 18.2 Å². The van der Waals surface area contributed by atoms with Crippen molar-refractivity contribution in [1.29, 1.82) is 5.26 Å². The second kappa shape index (κ2) is 7.92. The number of fused-ring (bicyclic) bond motifs is 2. The van der Waals surface area contributed by atoms with Crippen molar-refractivity contribution in [2.24, 2.45) is 4.99 Å². The van der Waals surface area contributed by atoms with E-state index in [9.17, 15) is 25.0 Å². The number of nitrogens with zero attached hydrogens (tertiary/aromatic N) is 5. The Kier molecular flexibility index (Phi) is 5.12. The highest BCUT2D eigenvalue weighted by Gasteiger charge is 2.20. The van der Waals surface area contributed by atoms with Gasteiger partial charge < -0.3 is 4.57 Å². The van der Waals surface area contributed by atoms with Gasteiger partial charge in [-0.05, 0) is 44.2 Å². The van der Waals surface area contributed by atoms with Crippen LogP contribution in [0.1, 0.15) is 35.8 Å². The van der Waals surface area contributed by atoms with E-state index in [1.54, 1.807) is 35.0 Å². The monoisotopic (exact) mass is 427 g/mol. The van der Waals surface area contributed by atoms with Crippen LogP contribution in [0.5, 0.6) is 0 Å². The fraction of sp³-hybridized carbons (Fsp3) is 0.130. The summed E-state index contributed by atoms with van der Waals surface area (Å²) < 4.78 is 3.11. The van der Waals surface area contributed by atoms with E-state index >= 15 is 0 Å². The SMILES string of the molecule is CC(C)n1c(=NC(=O)c2ccccc2[N+](=O)[O-])c(C#N)cc2c(=O)n3ccccc3cc21. The van der Waals surface area contributed by atoms with Gasteiger partial charge in [0, 0.05) is 18.3 Å². The maximum absolute atomic E-state index is 13.1. The van der Waals surface area contributed by atoms with Crippen molar-refractivity contribution in [3.8, 4) is 6.07 Å². The number of amides is 1. The van der Waals surface area contributed by atoms with Gasteiger partial charge in [0.1, 0.15) is 11.6 Å². The standard InChI is InChI=1S/C23H17N5O4/c1-14(2)27-20-12-16-7-5-6-10-26(16)23(30)18(20)11-15(13-24)21(27)25-22(29)17-8-3-4-9-19(17)28(31)32/h3-12,14H,1-2H3. The summed E-state index contributed by atoms with van der Waals surface area (Å²) >= 11 is 0. The largest absolute Gasteiger partial charge is 0.322 e. The molecule has 158 valence electrons. The van der Waals surface area contributed by atoms with E-state index in [4.69, 9.17) is 0 Å². The number of rotatable bonds is 3. The van der Waals surface area contributed by atoms with Crippen molar-refractivity contribution < 1.29 is 9.72 Å². The van der Waals surface area contributed by atoms with Crippen LogP contribution in [0.4, 0.5) is 5.69 Å².